The summed E-state index contributed by atoms with van der Waals surface area (Å²) in [6.45, 7) is 1.08. The van der Waals surface area contributed by atoms with Crippen molar-refractivity contribution >= 4 is 11.6 Å². The summed E-state index contributed by atoms with van der Waals surface area (Å²) in [5.41, 5.74) is 2.61. The molecule has 1 aliphatic rings. The van der Waals surface area contributed by atoms with Crippen LogP contribution in [0.5, 0.6) is 5.75 Å². The third-order valence-corrected chi connectivity index (χ3v) is 3.83. The first-order chi connectivity index (χ1) is 11.2. The van der Waals surface area contributed by atoms with Gasteiger partial charge in [-0.05, 0) is 29.8 Å². The zero-order chi connectivity index (χ0) is 16.2. The molecule has 0 saturated heterocycles. The number of para-hydroxylation sites is 2. The molecule has 1 heterocycles. The fourth-order valence-electron chi connectivity index (χ4n) is 2.71. The highest BCUT2D eigenvalue weighted by Gasteiger charge is 2.29. The Morgan fingerprint density at radius 3 is 2.96 bits per heavy atom. The third-order valence-electron chi connectivity index (χ3n) is 3.83. The van der Waals surface area contributed by atoms with Crippen LogP contribution in [0.2, 0.25) is 0 Å². The van der Waals surface area contributed by atoms with Gasteiger partial charge in [0, 0.05) is 13.6 Å². The molecule has 23 heavy (non-hydrogen) atoms. The van der Waals surface area contributed by atoms with Crippen molar-refractivity contribution in [3.05, 3.63) is 59.7 Å². The number of rotatable bonds is 3. The van der Waals surface area contributed by atoms with E-state index >= 15 is 0 Å². The van der Waals surface area contributed by atoms with Gasteiger partial charge in [0.25, 0.3) is 5.91 Å². The van der Waals surface area contributed by atoms with Crippen LogP contribution >= 0.6 is 0 Å². The Balaban J connectivity index is 1.90. The molecule has 1 unspecified atom stereocenters. The lowest BCUT2D eigenvalue weighted by Crippen LogP contribution is -2.47. The van der Waals surface area contributed by atoms with Gasteiger partial charge in [-0.1, -0.05) is 24.3 Å². The standard InChI is InChI=1S/C18H17N3O2/c1-20-18(22)17-12-21(15-7-2-3-8-16(15)23-17)11-14-6-4-5-13(9-14)10-19/h2-9,17H,11-12H2,1H3,(H,20,22). The van der Waals surface area contributed by atoms with Crippen molar-refractivity contribution in [3.63, 3.8) is 0 Å². The highest BCUT2D eigenvalue weighted by molar-refractivity contribution is 5.83. The number of nitriles is 1. The van der Waals surface area contributed by atoms with Crippen LogP contribution in [-0.2, 0) is 11.3 Å². The average molecular weight is 307 g/mol. The summed E-state index contributed by atoms with van der Waals surface area (Å²) < 4.78 is 5.79. The van der Waals surface area contributed by atoms with E-state index in [9.17, 15) is 4.79 Å². The minimum Gasteiger partial charge on any atom is -0.477 e. The second-order valence-electron chi connectivity index (χ2n) is 5.38. The maximum atomic E-state index is 12.0. The van der Waals surface area contributed by atoms with Crippen molar-refractivity contribution in [1.29, 1.82) is 5.26 Å². The minimum absolute atomic E-state index is 0.143. The zero-order valence-electron chi connectivity index (χ0n) is 12.8. The van der Waals surface area contributed by atoms with Crippen molar-refractivity contribution in [2.75, 3.05) is 18.5 Å². The molecular weight excluding hydrogens is 290 g/mol. The molecule has 1 atom stereocenters. The molecule has 116 valence electrons. The van der Waals surface area contributed by atoms with Crippen LogP contribution in [0.1, 0.15) is 11.1 Å². The topological polar surface area (TPSA) is 65.4 Å². The Bertz CT molecular complexity index is 767. The Labute approximate surface area is 135 Å². The van der Waals surface area contributed by atoms with E-state index in [-0.39, 0.29) is 5.91 Å². The van der Waals surface area contributed by atoms with E-state index in [0.717, 1.165) is 11.3 Å². The van der Waals surface area contributed by atoms with E-state index in [4.69, 9.17) is 10.00 Å². The lowest BCUT2D eigenvalue weighted by atomic mass is 10.1. The van der Waals surface area contributed by atoms with Gasteiger partial charge in [0.2, 0.25) is 0 Å². The Kier molecular flexibility index (Phi) is 4.15. The molecule has 2 aromatic rings. The van der Waals surface area contributed by atoms with Gasteiger partial charge in [0.05, 0.1) is 23.9 Å². The molecule has 0 bridgehead atoms. The second-order valence-corrected chi connectivity index (χ2v) is 5.38. The summed E-state index contributed by atoms with van der Waals surface area (Å²) in [6.07, 6.45) is -0.547. The van der Waals surface area contributed by atoms with Gasteiger partial charge < -0.3 is 15.0 Å². The molecule has 5 heteroatoms. The van der Waals surface area contributed by atoms with Gasteiger partial charge in [0.1, 0.15) is 5.75 Å². The number of hydrogen-bond donors (Lipinski definition) is 1. The van der Waals surface area contributed by atoms with Crippen LogP contribution in [0.4, 0.5) is 5.69 Å². The molecule has 3 rings (SSSR count). The summed E-state index contributed by atoms with van der Waals surface area (Å²) in [6, 6.07) is 17.3. The van der Waals surface area contributed by atoms with E-state index in [1.54, 1.807) is 13.1 Å². The summed E-state index contributed by atoms with van der Waals surface area (Å²) in [7, 11) is 1.60. The molecule has 1 aliphatic heterocycles. The van der Waals surface area contributed by atoms with E-state index in [0.29, 0.717) is 24.4 Å². The van der Waals surface area contributed by atoms with Crippen molar-refractivity contribution in [3.8, 4) is 11.8 Å². The van der Waals surface area contributed by atoms with Crippen LogP contribution in [0.3, 0.4) is 0 Å². The van der Waals surface area contributed by atoms with E-state index < -0.39 is 6.10 Å². The largest absolute Gasteiger partial charge is 0.477 e. The van der Waals surface area contributed by atoms with Gasteiger partial charge in [-0.25, -0.2) is 0 Å². The Morgan fingerprint density at radius 2 is 2.17 bits per heavy atom. The van der Waals surface area contributed by atoms with Gasteiger partial charge in [-0.2, -0.15) is 5.26 Å². The highest BCUT2D eigenvalue weighted by atomic mass is 16.5. The smallest absolute Gasteiger partial charge is 0.262 e. The first-order valence-corrected chi connectivity index (χ1v) is 7.42. The summed E-state index contributed by atoms with van der Waals surface area (Å²) in [5.74, 6) is 0.555. The Hall–Kier alpha value is -3.00. The SMILES string of the molecule is CNC(=O)C1CN(Cc2cccc(C#N)c2)c2ccccc2O1. The van der Waals surface area contributed by atoms with Crippen LogP contribution in [-0.4, -0.2) is 25.6 Å². The number of carbonyl (C=O) groups excluding carboxylic acids is 1. The molecule has 1 amide bonds. The Morgan fingerprint density at radius 1 is 1.35 bits per heavy atom. The number of anilines is 1. The molecule has 1 N–H and O–H groups in total. The van der Waals surface area contributed by atoms with Gasteiger partial charge in [-0.3, -0.25) is 4.79 Å². The summed E-state index contributed by atoms with van der Waals surface area (Å²) in [4.78, 5) is 14.1. The number of amides is 1. The third kappa shape index (κ3) is 3.11. The molecule has 5 nitrogen and oxygen atoms in total. The van der Waals surface area contributed by atoms with Crippen LogP contribution < -0.4 is 15.0 Å². The number of likely N-dealkylation sites (N-methyl/N-ethyl adjacent to an activating group) is 1. The minimum atomic E-state index is -0.547. The first-order valence-electron chi connectivity index (χ1n) is 7.42. The predicted molar refractivity (Wildman–Crippen MR) is 87.1 cm³/mol. The van der Waals surface area contributed by atoms with Gasteiger partial charge in [0.15, 0.2) is 6.10 Å². The lowest BCUT2D eigenvalue weighted by molar-refractivity contribution is -0.127. The van der Waals surface area contributed by atoms with Crippen molar-refractivity contribution < 1.29 is 9.53 Å². The van der Waals surface area contributed by atoms with E-state index in [1.807, 2.05) is 42.5 Å². The highest BCUT2D eigenvalue weighted by Crippen LogP contribution is 2.34. The summed E-state index contributed by atoms with van der Waals surface area (Å²) in [5, 5.41) is 11.7. The number of hydrogen-bond acceptors (Lipinski definition) is 4. The molecule has 0 aliphatic carbocycles. The van der Waals surface area contributed by atoms with Gasteiger partial charge >= 0.3 is 0 Å². The maximum absolute atomic E-state index is 12.0. The van der Waals surface area contributed by atoms with Gasteiger partial charge in [-0.15, -0.1) is 0 Å². The number of benzene rings is 2. The van der Waals surface area contributed by atoms with Crippen LogP contribution in [0.25, 0.3) is 0 Å². The predicted octanol–water partition coefficient (Wildman–Crippen LogP) is 2.07. The van der Waals surface area contributed by atoms with E-state index in [1.165, 1.54) is 0 Å². The molecule has 2 aromatic carbocycles. The lowest BCUT2D eigenvalue weighted by Gasteiger charge is -2.35. The molecule has 0 fully saturated rings. The van der Waals surface area contributed by atoms with Crippen LogP contribution in [0.15, 0.2) is 48.5 Å². The fraction of sp³-hybridized carbons (Fsp3) is 0.222. The molecule has 0 radical (unpaired) electrons. The second kappa shape index (κ2) is 6.41. The normalized spacial score (nSPS) is 16.0. The average Bonchev–Trinajstić information content (AvgIpc) is 2.61. The molecule has 0 aromatic heterocycles. The zero-order valence-corrected chi connectivity index (χ0v) is 12.8. The maximum Gasteiger partial charge on any atom is 0.262 e. The van der Waals surface area contributed by atoms with Crippen molar-refractivity contribution in [1.82, 2.24) is 5.32 Å². The van der Waals surface area contributed by atoms with Crippen molar-refractivity contribution in [2.45, 2.75) is 12.6 Å². The molecular formula is C18H17N3O2. The van der Waals surface area contributed by atoms with Crippen molar-refractivity contribution in [2.24, 2.45) is 0 Å². The van der Waals surface area contributed by atoms with Crippen LogP contribution in [0, 0.1) is 11.3 Å². The molecule has 0 spiro atoms. The number of carbonyl (C=O) groups is 1. The van der Waals surface area contributed by atoms with E-state index in [2.05, 4.69) is 16.3 Å². The molecule has 0 saturated carbocycles. The number of nitrogens with one attached hydrogen (secondary N) is 1. The fourth-order valence-corrected chi connectivity index (χ4v) is 2.71. The number of nitrogens with zero attached hydrogens (tertiary/aromatic N) is 2. The number of ether oxygens (including phenoxy) is 1. The first kappa shape index (κ1) is 14.9. The quantitative estimate of drug-likeness (QED) is 0.943. The monoisotopic (exact) mass is 307 g/mol. The number of fused-ring (bicyclic) bond motifs is 1. The summed E-state index contributed by atoms with van der Waals surface area (Å²) >= 11 is 0.